The number of rotatable bonds is 5. The van der Waals surface area contributed by atoms with Crippen LogP contribution >= 0.6 is 11.8 Å². The van der Waals surface area contributed by atoms with Crippen LogP contribution in [0.25, 0.3) is 5.69 Å². The number of thioether (sulfide) groups is 1. The SMILES string of the molecule is COc1ccccc1-n1cnnc1SCC(=O)N1CCOC(C)C1. The zero-order chi connectivity index (χ0) is 16.9. The Hall–Kier alpha value is -2.06. The number of methoxy groups -OCH3 is 1. The highest BCUT2D eigenvalue weighted by atomic mass is 32.2. The van der Waals surface area contributed by atoms with Gasteiger partial charge in [-0.25, -0.2) is 0 Å². The van der Waals surface area contributed by atoms with Crippen LogP contribution in [-0.4, -0.2) is 64.2 Å². The van der Waals surface area contributed by atoms with Gasteiger partial charge in [-0.3, -0.25) is 9.36 Å². The van der Waals surface area contributed by atoms with Gasteiger partial charge in [0.1, 0.15) is 12.1 Å². The van der Waals surface area contributed by atoms with Crippen LogP contribution < -0.4 is 4.74 Å². The Kier molecular flexibility index (Phi) is 5.37. The maximum Gasteiger partial charge on any atom is 0.233 e. The molecule has 0 spiro atoms. The molecule has 1 amide bonds. The molecule has 0 radical (unpaired) electrons. The zero-order valence-corrected chi connectivity index (χ0v) is 14.5. The molecule has 7 nitrogen and oxygen atoms in total. The number of aromatic nitrogens is 3. The second-order valence-corrected chi connectivity index (χ2v) is 6.41. The Balaban J connectivity index is 1.69. The molecule has 128 valence electrons. The number of morpholine rings is 1. The maximum absolute atomic E-state index is 12.4. The summed E-state index contributed by atoms with van der Waals surface area (Å²) in [7, 11) is 1.62. The summed E-state index contributed by atoms with van der Waals surface area (Å²) in [6.07, 6.45) is 1.71. The van der Waals surface area contributed by atoms with Crippen LogP contribution in [0.2, 0.25) is 0 Å². The van der Waals surface area contributed by atoms with Crippen LogP contribution in [0.15, 0.2) is 35.7 Å². The lowest BCUT2D eigenvalue weighted by Crippen LogP contribution is -2.45. The van der Waals surface area contributed by atoms with E-state index in [1.807, 2.05) is 40.7 Å². The van der Waals surface area contributed by atoms with Crippen LogP contribution in [-0.2, 0) is 9.53 Å². The van der Waals surface area contributed by atoms with Gasteiger partial charge in [0.05, 0.1) is 31.3 Å². The van der Waals surface area contributed by atoms with Gasteiger partial charge in [-0.05, 0) is 19.1 Å². The molecular weight excluding hydrogens is 328 g/mol. The minimum absolute atomic E-state index is 0.0877. The molecule has 0 bridgehead atoms. The number of amides is 1. The maximum atomic E-state index is 12.4. The minimum Gasteiger partial charge on any atom is -0.495 e. The van der Waals surface area contributed by atoms with E-state index in [0.717, 1.165) is 11.4 Å². The number of hydrogen-bond donors (Lipinski definition) is 0. The number of carbonyl (C=O) groups is 1. The van der Waals surface area contributed by atoms with Gasteiger partial charge in [0.15, 0.2) is 5.16 Å². The fourth-order valence-corrected chi connectivity index (χ4v) is 3.40. The highest BCUT2D eigenvalue weighted by molar-refractivity contribution is 7.99. The summed E-state index contributed by atoms with van der Waals surface area (Å²) in [6, 6.07) is 7.64. The van der Waals surface area contributed by atoms with Gasteiger partial charge in [-0.1, -0.05) is 23.9 Å². The second-order valence-electron chi connectivity index (χ2n) is 5.47. The Morgan fingerprint density at radius 2 is 2.29 bits per heavy atom. The van der Waals surface area contributed by atoms with Crippen LogP contribution in [0, 0.1) is 0 Å². The molecule has 1 aliphatic rings. The normalized spacial score (nSPS) is 17.8. The topological polar surface area (TPSA) is 69.5 Å². The smallest absolute Gasteiger partial charge is 0.233 e. The lowest BCUT2D eigenvalue weighted by molar-refractivity contribution is -0.135. The zero-order valence-electron chi connectivity index (χ0n) is 13.7. The summed E-state index contributed by atoms with van der Waals surface area (Å²) >= 11 is 1.37. The van der Waals surface area contributed by atoms with Gasteiger partial charge in [0, 0.05) is 13.1 Å². The van der Waals surface area contributed by atoms with Crippen molar-refractivity contribution in [2.75, 3.05) is 32.6 Å². The van der Waals surface area contributed by atoms with Gasteiger partial charge in [0.2, 0.25) is 5.91 Å². The fourth-order valence-electron chi connectivity index (χ4n) is 2.58. The summed E-state index contributed by atoms with van der Waals surface area (Å²) in [6.45, 7) is 3.85. The number of carbonyl (C=O) groups excluding carboxylic acids is 1. The lowest BCUT2D eigenvalue weighted by Gasteiger charge is -2.31. The van der Waals surface area contributed by atoms with Crippen molar-refractivity contribution in [2.24, 2.45) is 0 Å². The van der Waals surface area contributed by atoms with Crippen LogP contribution in [0.3, 0.4) is 0 Å². The third-order valence-electron chi connectivity index (χ3n) is 3.78. The van der Waals surface area contributed by atoms with Gasteiger partial charge >= 0.3 is 0 Å². The van der Waals surface area contributed by atoms with Crippen molar-refractivity contribution in [2.45, 2.75) is 18.2 Å². The largest absolute Gasteiger partial charge is 0.495 e. The monoisotopic (exact) mass is 348 g/mol. The fraction of sp³-hybridized carbons (Fsp3) is 0.438. The van der Waals surface area contributed by atoms with E-state index in [-0.39, 0.29) is 12.0 Å². The van der Waals surface area contributed by atoms with Crippen molar-refractivity contribution < 1.29 is 14.3 Å². The summed E-state index contributed by atoms with van der Waals surface area (Å²) in [5.74, 6) is 1.14. The van der Waals surface area contributed by atoms with E-state index >= 15 is 0 Å². The summed E-state index contributed by atoms with van der Waals surface area (Å²) < 4.78 is 12.7. The molecule has 1 aromatic carbocycles. The van der Waals surface area contributed by atoms with E-state index in [2.05, 4.69) is 10.2 Å². The first kappa shape index (κ1) is 16.8. The molecule has 1 unspecified atom stereocenters. The van der Waals surface area contributed by atoms with E-state index in [4.69, 9.17) is 9.47 Å². The number of hydrogen-bond acceptors (Lipinski definition) is 6. The Morgan fingerprint density at radius 1 is 1.46 bits per heavy atom. The average molecular weight is 348 g/mol. The molecule has 1 aromatic heterocycles. The van der Waals surface area contributed by atoms with E-state index in [9.17, 15) is 4.79 Å². The molecule has 3 rings (SSSR count). The average Bonchev–Trinajstić information content (AvgIpc) is 3.08. The van der Waals surface area contributed by atoms with E-state index < -0.39 is 0 Å². The van der Waals surface area contributed by atoms with Crippen molar-refractivity contribution in [3.8, 4) is 11.4 Å². The van der Waals surface area contributed by atoms with E-state index in [1.165, 1.54) is 11.8 Å². The highest BCUT2D eigenvalue weighted by Gasteiger charge is 2.22. The number of nitrogens with zero attached hydrogens (tertiary/aromatic N) is 4. The van der Waals surface area contributed by atoms with Crippen LogP contribution in [0.4, 0.5) is 0 Å². The molecule has 24 heavy (non-hydrogen) atoms. The highest BCUT2D eigenvalue weighted by Crippen LogP contribution is 2.26. The first-order valence-electron chi connectivity index (χ1n) is 7.74. The Labute approximate surface area is 145 Å². The molecule has 1 aliphatic heterocycles. The van der Waals surface area contributed by atoms with Crippen LogP contribution in [0.5, 0.6) is 5.75 Å². The Morgan fingerprint density at radius 3 is 3.08 bits per heavy atom. The van der Waals surface area contributed by atoms with Gasteiger partial charge in [-0.2, -0.15) is 0 Å². The van der Waals surface area contributed by atoms with Gasteiger partial charge in [0.25, 0.3) is 0 Å². The van der Waals surface area contributed by atoms with Gasteiger partial charge < -0.3 is 14.4 Å². The standard InChI is InChI=1S/C16H20N4O3S/c1-12-9-19(7-8-23-12)15(21)10-24-16-18-17-11-20(16)13-5-3-4-6-14(13)22-2/h3-6,11-12H,7-10H2,1-2H3. The first-order valence-corrected chi connectivity index (χ1v) is 8.73. The molecule has 8 heteroatoms. The molecule has 2 heterocycles. The van der Waals surface area contributed by atoms with Crippen molar-refractivity contribution >= 4 is 17.7 Å². The van der Waals surface area contributed by atoms with Crippen molar-refractivity contribution in [3.05, 3.63) is 30.6 Å². The van der Waals surface area contributed by atoms with Crippen LogP contribution in [0.1, 0.15) is 6.92 Å². The third kappa shape index (κ3) is 3.70. The molecule has 0 N–H and O–H groups in total. The number of benzene rings is 1. The molecule has 0 saturated carbocycles. The number of ether oxygens (including phenoxy) is 2. The predicted molar refractivity (Wildman–Crippen MR) is 90.6 cm³/mol. The lowest BCUT2D eigenvalue weighted by atomic mass is 10.3. The third-order valence-corrected chi connectivity index (χ3v) is 4.71. The molecule has 0 aliphatic carbocycles. The van der Waals surface area contributed by atoms with Crippen molar-refractivity contribution in [3.63, 3.8) is 0 Å². The Bertz CT molecular complexity index is 706. The molecule has 2 aromatic rings. The predicted octanol–water partition coefficient (Wildman–Crippen LogP) is 1.62. The summed E-state index contributed by atoms with van der Waals surface area (Å²) in [5.41, 5.74) is 0.847. The van der Waals surface area contributed by atoms with Crippen molar-refractivity contribution in [1.82, 2.24) is 19.7 Å². The molecule has 1 fully saturated rings. The molecule has 1 saturated heterocycles. The molecular formula is C16H20N4O3S. The van der Waals surface area contributed by atoms with E-state index in [1.54, 1.807) is 13.4 Å². The number of para-hydroxylation sites is 2. The quantitative estimate of drug-likeness (QED) is 0.765. The molecule has 1 atom stereocenters. The second kappa shape index (κ2) is 7.67. The van der Waals surface area contributed by atoms with E-state index in [0.29, 0.717) is 30.6 Å². The first-order chi connectivity index (χ1) is 11.7. The van der Waals surface area contributed by atoms with Crippen molar-refractivity contribution in [1.29, 1.82) is 0 Å². The summed E-state index contributed by atoms with van der Waals surface area (Å²) in [4.78, 5) is 14.2. The van der Waals surface area contributed by atoms with Gasteiger partial charge in [-0.15, -0.1) is 10.2 Å². The summed E-state index contributed by atoms with van der Waals surface area (Å²) in [5, 5.41) is 8.75. The minimum atomic E-state index is 0.0877.